The second-order valence-electron chi connectivity index (χ2n) is 3.68. The molecule has 1 amide bonds. The fourth-order valence-electron chi connectivity index (χ4n) is 1.41. The van der Waals surface area contributed by atoms with Crippen molar-refractivity contribution in [1.29, 1.82) is 0 Å². The van der Waals surface area contributed by atoms with Gasteiger partial charge in [0.05, 0.1) is 0 Å². The van der Waals surface area contributed by atoms with E-state index in [2.05, 4.69) is 25.1 Å². The number of carbonyl (C=O) groups excluding carboxylic acids is 1. The predicted octanol–water partition coefficient (Wildman–Crippen LogP) is -0.170. The highest BCUT2D eigenvalue weighted by Gasteiger charge is 2.27. The lowest BCUT2D eigenvalue weighted by molar-refractivity contribution is -0.127. The molecule has 66 valence electrons. The van der Waals surface area contributed by atoms with Gasteiger partial charge in [-0.1, -0.05) is 0 Å². The molecule has 0 aromatic rings. The predicted molar refractivity (Wildman–Crippen MR) is 47.5 cm³/mol. The molecular formula is C9H14N2O. The van der Waals surface area contributed by atoms with Gasteiger partial charge in [-0.2, -0.15) is 0 Å². The molecule has 0 atom stereocenters. The second kappa shape index (κ2) is 3.16. The van der Waals surface area contributed by atoms with Crippen molar-refractivity contribution in [3.63, 3.8) is 0 Å². The first-order valence-corrected chi connectivity index (χ1v) is 4.06. The minimum atomic E-state index is -0.204. The molecule has 1 aliphatic heterocycles. The van der Waals surface area contributed by atoms with Crippen LogP contribution in [0.3, 0.4) is 0 Å². The zero-order valence-electron chi connectivity index (χ0n) is 7.55. The molecule has 0 bridgehead atoms. The summed E-state index contributed by atoms with van der Waals surface area (Å²) < 4.78 is 0. The van der Waals surface area contributed by atoms with E-state index in [1.165, 1.54) is 0 Å². The van der Waals surface area contributed by atoms with Crippen molar-refractivity contribution in [2.75, 3.05) is 19.6 Å². The van der Waals surface area contributed by atoms with Crippen LogP contribution >= 0.6 is 0 Å². The molecule has 1 aliphatic rings. The summed E-state index contributed by atoms with van der Waals surface area (Å²) in [6, 6.07) is 0. The highest BCUT2D eigenvalue weighted by molar-refractivity contribution is 5.93. The van der Waals surface area contributed by atoms with Crippen molar-refractivity contribution in [3.05, 3.63) is 0 Å². The van der Waals surface area contributed by atoms with Crippen molar-refractivity contribution in [1.82, 2.24) is 10.2 Å². The summed E-state index contributed by atoms with van der Waals surface area (Å²) in [4.78, 5) is 12.8. The quantitative estimate of drug-likeness (QED) is 0.507. The monoisotopic (exact) mass is 166 g/mol. The van der Waals surface area contributed by atoms with Gasteiger partial charge in [-0.25, -0.2) is 0 Å². The van der Waals surface area contributed by atoms with E-state index in [-0.39, 0.29) is 11.4 Å². The molecule has 1 N–H and O–H groups in total. The van der Waals surface area contributed by atoms with E-state index in [1.807, 2.05) is 0 Å². The van der Waals surface area contributed by atoms with Crippen LogP contribution in [0, 0.1) is 12.3 Å². The Hall–Kier alpha value is -1.01. The fourth-order valence-corrected chi connectivity index (χ4v) is 1.41. The molecule has 1 rings (SSSR count). The van der Waals surface area contributed by atoms with Crippen LogP contribution in [0.15, 0.2) is 0 Å². The Kier molecular flexibility index (Phi) is 2.39. The highest BCUT2D eigenvalue weighted by atomic mass is 16.2. The van der Waals surface area contributed by atoms with Gasteiger partial charge in [0, 0.05) is 25.2 Å². The molecule has 1 heterocycles. The van der Waals surface area contributed by atoms with E-state index >= 15 is 0 Å². The maximum absolute atomic E-state index is 11.1. The smallest absolute Gasteiger partial charge is 0.298 e. The van der Waals surface area contributed by atoms with Gasteiger partial charge in [-0.3, -0.25) is 4.79 Å². The Morgan fingerprint density at radius 1 is 1.67 bits per heavy atom. The zero-order chi connectivity index (χ0) is 9.19. The van der Waals surface area contributed by atoms with Gasteiger partial charge >= 0.3 is 0 Å². The van der Waals surface area contributed by atoms with E-state index in [9.17, 15) is 4.79 Å². The first-order valence-electron chi connectivity index (χ1n) is 4.06. The number of hydrogen-bond acceptors (Lipinski definition) is 2. The molecule has 0 aromatic carbocycles. The van der Waals surface area contributed by atoms with Gasteiger partial charge < -0.3 is 10.2 Å². The average molecular weight is 166 g/mol. The zero-order valence-corrected chi connectivity index (χ0v) is 7.55. The first-order chi connectivity index (χ1) is 5.55. The average Bonchev–Trinajstić information content (AvgIpc) is 2.01. The first kappa shape index (κ1) is 9.08. The highest BCUT2D eigenvalue weighted by Crippen LogP contribution is 2.09. The summed E-state index contributed by atoms with van der Waals surface area (Å²) in [5, 5.41) is 3.30. The molecule has 3 nitrogen and oxygen atoms in total. The Labute approximate surface area is 73.1 Å². The SMILES string of the molecule is C#CC(=O)N1CCNC(C)(C)C1. The molecule has 0 radical (unpaired) electrons. The molecule has 0 aromatic heterocycles. The lowest BCUT2D eigenvalue weighted by atomic mass is 10.0. The lowest BCUT2D eigenvalue weighted by Crippen LogP contribution is -2.58. The molecule has 0 aliphatic carbocycles. The summed E-state index contributed by atoms with van der Waals surface area (Å²) in [6.07, 6.45) is 5.03. The normalized spacial score (nSPS) is 21.6. The summed E-state index contributed by atoms with van der Waals surface area (Å²) in [5.41, 5.74) is -0.00917. The summed E-state index contributed by atoms with van der Waals surface area (Å²) in [6.45, 7) is 6.34. The van der Waals surface area contributed by atoms with Crippen molar-refractivity contribution in [3.8, 4) is 12.3 Å². The van der Waals surface area contributed by atoms with E-state index in [4.69, 9.17) is 6.42 Å². The van der Waals surface area contributed by atoms with Crippen LogP contribution < -0.4 is 5.32 Å². The number of carbonyl (C=O) groups is 1. The van der Waals surface area contributed by atoms with Crippen molar-refractivity contribution in [2.24, 2.45) is 0 Å². The third kappa shape index (κ3) is 1.99. The number of rotatable bonds is 0. The third-order valence-corrected chi connectivity index (χ3v) is 1.98. The van der Waals surface area contributed by atoms with Crippen LogP contribution in [0.5, 0.6) is 0 Å². The van der Waals surface area contributed by atoms with Gasteiger partial charge in [0.15, 0.2) is 0 Å². The number of nitrogens with one attached hydrogen (secondary N) is 1. The van der Waals surface area contributed by atoms with E-state index in [1.54, 1.807) is 4.90 Å². The largest absolute Gasteiger partial charge is 0.329 e. The Morgan fingerprint density at radius 2 is 2.33 bits per heavy atom. The third-order valence-electron chi connectivity index (χ3n) is 1.98. The Balaban J connectivity index is 2.59. The number of hydrogen-bond donors (Lipinski definition) is 1. The standard InChI is InChI=1S/C9H14N2O/c1-4-8(12)11-6-5-10-9(2,3)7-11/h1,10H,5-7H2,2-3H3. The van der Waals surface area contributed by atoms with Gasteiger partial charge in [-0.15, -0.1) is 6.42 Å². The van der Waals surface area contributed by atoms with Crippen LogP contribution in [0.25, 0.3) is 0 Å². The van der Waals surface area contributed by atoms with Gasteiger partial charge in [-0.05, 0) is 19.8 Å². The van der Waals surface area contributed by atoms with Crippen LogP contribution in [-0.4, -0.2) is 36.0 Å². The Morgan fingerprint density at radius 3 is 2.83 bits per heavy atom. The number of amides is 1. The van der Waals surface area contributed by atoms with E-state index < -0.39 is 0 Å². The maximum atomic E-state index is 11.1. The van der Waals surface area contributed by atoms with Gasteiger partial charge in [0.25, 0.3) is 5.91 Å². The van der Waals surface area contributed by atoms with Crippen molar-refractivity contribution < 1.29 is 4.79 Å². The van der Waals surface area contributed by atoms with Crippen LogP contribution in [-0.2, 0) is 4.79 Å². The molecule has 3 heteroatoms. The summed E-state index contributed by atoms with van der Waals surface area (Å²) in [7, 11) is 0. The van der Waals surface area contributed by atoms with E-state index in [0.29, 0.717) is 13.1 Å². The lowest BCUT2D eigenvalue weighted by Gasteiger charge is -2.38. The molecule has 0 saturated carbocycles. The molecule has 1 fully saturated rings. The summed E-state index contributed by atoms with van der Waals surface area (Å²) in [5.74, 6) is 1.93. The van der Waals surface area contributed by atoms with Crippen molar-refractivity contribution in [2.45, 2.75) is 19.4 Å². The minimum Gasteiger partial charge on any atom is -0.329 e. The molecule has 0 spiro atoms. The maximum Gasteiger partial charge on any atom is 0.298 e. The minimum absolute atomic E-state index is 0.00917. The Bertz CT molecular complexity index is 227. The topological polar surface area (TPSA) is 32.3 Å². The molecule has 12 heavy (non-hydrogen) atoms. The second-order valence-corrected chi connectivity index (χ2v) is 3.68. The number of terminal acetylenes is 1. The number of piperazine rings is 1. The fraction of sp³-hybridized carbons (Fsp3) is 0.667. The molecule has 1 saturated heterocycles. The van der Waals surface area contributed by atoms with Crippen LogP contribution in [0.1, 0.15) is 13.8 Å². The number of nitrogens with zero attached hydrogens (tertiary/aromatic N) is 1. The van der Waals surface area contributed by atoms with Crippen molar-refractivity contribution >= 4 is 5.91 Å². The summed E-state index contributed by atoms with van der Waals surface area (Å²) >= 11 is 0. The molecule has 0 unspecified atom stereocenters. The van der Waals surface area contributed by atoms with Crippen LogP contribution in [0.2, 0.25) is 0 Å². The van der Waals surface area contributed by atoms with Gasteiger partial charge in [0.2, 0.25) is 0 Å². The van der Waals surface area contributed by atoms with Gasteiger partial charge in [0.1, 0.15) is 0 Å². The molecular weight excluding hydrogens is 152 g/mol. The van der Waals surface area contributed by atoms with Crippen LogP contribution in [0.4, 0.5) is 0 Å². The van der Waals surface area contributed by atoms with E-state index in [0.717, 1.165) is 6.54 Å².